The molecule has 0 saturated carbocycles. The largest absolute Gasteiger partial charge is 0.462 e. The molecule has 0 aliphatic heterocycles. The average molecular weight is 953 g/mol. The Bertz CT molecular complexity index is 1510. The first-order valence-electron chi connectivity index (χ1n) is 27.7. The average Bonchev–Trinajstić information content (AvgIpc) is 3.35. The first-order valence-corrected chi connectivity index (χ1v) is 27.7. The van der Waals surface area contributed by atoms with E-state index < -0.39 is 12.1 Å². The summed E-state index contributed by atoms with van der Waals surface area (Å²) in [5.74, 6) is -1.05. The minimum Gasteiger partial charge on any atom is -0.462 e. The Balaban J connectivity index is 4.59. The van der Waals surface area contributed by atoms with Crippen molar-refractivity contribution in [2.45, 2.75) is 232 Å². The highest BCUT2D eigenvalue weighted by molar-refractivity contribution is 5.71. The molecule has 0 radical (unpaired) electrons. The lowest BCUT2D eigenvalue weighted by Gasteiger charge is -2.18. The minimum atomic E-state index is -0.837. The molecule has 6 nitrogen and oxygen atoms in total. The number of unbranched alkanes of at least 4 members (excludes halogenated alkanes) is 15. The van der Waals surface area contributed by atoms with Crippen molar-refractivity contribution in [3.63, 3.8) is 0 Å². The van der Waals surface area contributed by atoms with Crippen LogP contribution in [-0.2, 0) is 28.6 Å². The van der Waals surface area contributed by atoms with Gasteiger partial charge in [-0.1, -0.05) is 219 Å². The molecular weight excluding hydrogens is 853 g/mol. The highest BCUT2D eigenvalue weighted by Crippen LogP contribution is 2.12. The topological polar surface area (TPSA) is 78.9 Å². The summed E-state index contributed by atoms with van der Waals surface area (Å²) in [5.41, 5.74) is 0. The predicted molar refractivity (Wildman–Crippen MR) is 297 cm³/mol. The Kier molecular flexibility index (Phi) is 52.5. The molecule has 0 N–H and O–H groups in total. The molecule has 0 aliphatic rings. The Hall–Kier alpha value is -4.45. The molecule has 0 bridgehead atoms. The fourth-order valence-electron chi connectivity index (χ4n) is 7.04. The van der Waals surface area contributed by atoms with E-state index in [1.54, 1.807) is 0 Å². The van der Waals surface area contributed by atoms with Crippen molar-refractivity contribution >= 4 is 17.9 Å². The quantitative estimate of drug-likeness (QED) is 0.0262. The van der Waals surface area contributed by atoms with Gasteiger partial charge in [0.25, 0.3) is 0 Å². The van der Waals surface area contributed by atoms with Crippen molar-refractivity contribution in [1.29, 1.82) is 0 Å². The van der Waals surface area contributed by atoms with E-state index in [0.29, 0.717) is 19.3 Å². The molecule has 0 heterocycles. The van der Waals surface area contributed by atoms with Crippen molar-refractivity contribution in [3.05, 3.63) is 134 Å². The van der Waals surface area contributed by atoms with Crippen LogP contribution in [0.25, 0.3) is 0 Å². The van der Waals surface area contributed by atoms with E-state index in [2.05, 4.69) is 142 Å². The second-order valence-electron chi connectivity index (χ2n) is 17.7. The highest BCUT2D eigenvalue weighted by atomic mass is 16.6. The lowest BCUT2D eigenvalue weighted by Crippen LogP contribution is -2.30. The number of hydrogen-bond donors (Lipinski definition) is 0. The summed E-state index contributed by atoms with van der Waals surface area (Å²) in [4.78, 5) is 38.1. The van der Waals surface area contributed by atoms with E-state index in [1.807, 2.05) is 12.2 Å². The number of carbonyl (C=O) groups is 3. The molecule has 1 atom stereocenters. The van der Waals surface area contributed by atoms with Crippen LogP contribution in [0.5, 0.6) is 0 Å². The van der Waals surface area contributed by atoms with Gasteiger partial charge >= 0.3 is 17.9 Å². The summed E-state index contributed by atoms with van der Waals surface area (Å²) in [7, 11) is 0. The third-order valence-corrected chi connectivity index (χ3v) is 11.1. The van der Waals surface area contributed by atoms with Crippen molar-refractivity contribution in [1.82, 2.24) is 0 Å². The lowest BCUT2D eigenvalue weighted by atomic mass is 10.1. The molecule has 388 valence electrons. The van der Waals surface area contributed by atoms with E-state index in [-0.39, 0.29) is 31.6 Å². The van der Waals surface area contributed by atoms with Crippen LogP contribution in [-0.4, -0.2) is 37.2 Å². The van der Waals surface area contributed by atoms with Gasteiger partial charge in [-0.3, -0.25) is 14.4 Å². The van der Waals surface area contributed by atoms with Crippen molar-refractivity contribution in [2.75, 3.05) is 13.2 Å². The normalized spacial score (nSPS) is 13.1. The Morgan fingerprint density at radius 3 is 0.957 bits per heavy atom. The summed E-state index contributed by atoms with van der Waals surface area (Å²) in [6.07, 6.45) is 78.7. The van der Waals surface area contributed by atoms with Gasteiger partial charge in [0.2, 0.25) is 0 Å². The second-order valence-corrected chi connectivity index (χ2v) is 17.7. The summed E-state index contributed by atoms with van der Waals surface area (Å²) in [6, 6.07) is 0. The summed E-state index contributed by atoms with van der Waals surface area (Å²) in [5, 5.41) is 0. The van der Waals surface area contributed by atoms with E-state index >= 15 is 0 Å². The fourth-order valence-corrected chi connectivity index (χ4v) is 7.04. The van der Waals surface area contributed by atoms with Gasteiger partial charge in [-0.2, -0.15) is 0 Å². The predicted octanol–water partition coefficient (Wildman–Crippen LogP) is 18.6. The van der Waals surface area contributed by atoms with E-state index in [4.69, 9.17) is 14.2 Å². The third kappa shape index (κ3) is 54.4. The molecule has 0 aliphatic carbocycles. The molecule has 0 unspecified atom stereocenters. The van der Waals surface area contributed by atoms with Crippen LogP contribution in [0.2, 0.25) is 0 Å². The van der Waals surface area contributed by atoms with Crippen LogP contribution >= 0.6 is 0 Å². The Labute approximate surface area is 424 Å². The maximum Gasteiger partial charge on any atom is 0.306 e. The first kappa shape index (κ1) is 64.5. The third-order valence-electron chi connectivity index (χ3n) is 11.1. The van der Waals surface area contributed by atoms with Gasteiger partial charge in [0.15, 0.2) is 6.10 Å². The second kappa shape index (κ2) is 56.1. The van der Waals surface area contributed by atoms with Crippen LogP contribution in [0, 0.1) is 0 Å². The van der Waals surface area contributed by atoms with Crippen molar-refractivity contribution in [2.24, 2.45) is 0 Å². The Morgan fingerprint density at radius 1 is 0.304 bits per heavy atom. The van der Waals surface area contributed by atoms with Gasteiger partial charge in [-0.15, -0.1) is 0 Å². The zero-order chi connectivity index (χ0) is 50.0. The zero-order valence-corrected chi connectivity index (χ0v) is 44.3. The van der Waals surface area contributed by atoms with Crippen LogP contribution in [0.4, 0.5) is 0 Å². The molecule has 0 aromatic heterocycles. The number of rotatable bonds is 48. The molecule has 0 aromatic carbocycles. The standard InChI is InChI=1S/C63H100O6/c1-4-7-10-13-16-19-22-25-28-30-31-33-36-39-42-45-48-51-54-57-63(66)69-60(58-67-61(64)55-52-49-46-43-40-37-34-27-24-21-18-15-12-9-6-3)59-68-62(65)56-53-50-47-44-41-38-35-32-29-26-23-20-17-14-11-8-5-2/h7-8,10-11,16-17,19-20,25-29,31,33-35,38-39,42,48,51,60H,4-6,9,12-15,18,21-24,30,32,36-37,40-41,43-47,49-50,52-59H2,1-3H3/b10-7-,11-8-,19-16-,20-17-,28-25-,29-26-,33-31-,34-27-,38-35-,42-39-,51-48-/t60-/m0/s1. The molecule has 0 saturated heterocycles. The minimum absolute atomic E-state index is 0.125. The molecule has 0 amide bonds. The van der Waals surface area contributed by atoms with E-state index in [1.165, 1.54) is 51.4 Å². The molecule has 6 heteroatoms. The van der Waals surface area contributed by atoms with Crippen LogP contribution in [0.1, 0.15) is 226 Å². The van der Waals surface area contributed by atoms with Gasteiger partial charge < -0.3 is 14.2 Å². The molecular formula is C63H100O6. The molecule has 0 spiro atoms. The number of ether oxygens (including phenoxy) is 3. The van der Waals surface area contributed by atoms with Gasteiger partial charge in [0.05, 0.1) is 0 Å². The van der Waals surface area contributed by atoms with Gasteiger partial charge in [0, 0.05) is 19.3 Å². The van der Waals surface area contributed by atoms with Gasteiger partial charge in [0.1, 0.15) is 13.2 Å². The SMILES string of the molecule is CC/C=C\C/C=C\C/C=C\C/C=C\C/C=C\C/C=C\CCC(=O)O[C@H](COC(=O)CCCCCC/C=C\C/C=C\C/C=C\C/C=C\CC)COC(=O)CCCCCCC/C=C\CCCCCCCC. The van der Waals surface area contributed by atoms with Gasteiger partial charge in [-0.05, 0) is 122 Å². The van der Waals surface area contributed by atoms with E-state index in [9.17, 15) is 14.4 Å². The molecule has 0 rings (SSSR count). The zero-order valence-electron chi connectivity index (χ0n) is 44.3. The maximum atomic E-state index is 12.8. The summed E-state index contributed by atoms with van der Waals surface area (Å²) in [6.45, 7) is 6.30. The molecule has 0 aromatic rings. The van der Waals surface area contributed by atoms with Crippen molar-refractivity contribution in [3.8, 4) is 0 Å². The number of allylic oxidation sites excluding steroid dienone is 22. The van der Waals surface area contributed by atoms with Gasteiger partial charge in [-0.25, -0.2) is 0 Å². The molecule has 69 heavy (non-hydrogen) atoms. The van der Waals surface area contributed by atoms with Crippen LogP contribution in [0.15, 0.2) is 134 Å². The summed E-state index contributed by atoms with van der Waals surface area (Å²) < 4.78 is 16.7. The highest BCUT2D eigenvalue weighted by Gasteiger charge is 2.19. The monoisotopic (exact) mass is 953 g/mol. The number of esters is 3. The smallest absolute Gasteiger partial charge is 0.306 e. The number of hydrogen-bond acceptors (Lipinski definition) is 6. The first-order chi connectivity index (χ1) is 34.0. The van der Waals surface area contributed by atoms with Crippen LogP contribution < -0.4 is 0 Å². The van der Waals surface area contributed by atoms with Crippen molar-refractivity contribution < 1.29 is 28.6 Å². The fraction of sp³-hybridized carbons (Fsp3) is 0.603. The number of carbonyl (C=O) groups excluding carboxylic acids is 3. The maximum absolute atomic E-state index is 12.8. The summed E-state index contributed by atoms with van der Waals surface area (Å²) >= 11 is 0. The van der Waals surface area contributed by atoms with Crippen LogP contribution in [0.3, 0.4) is 0 Å². The lowest BCUT2D eigenvalue weighted by molar-refractivity contribution is -0.166. The van der Waals surface area contributed by atoms with E-state index in [0.717, 1.165) is 128 Å². The Morgan fingerprint density at radius 2 is 0.594 bits per heavy atom. The molecule has 0 fully saturated rings.